The van der Waals surface area contributed by atoms with Crippen LogP contribution in [0.25, 0.3) is 0 Å². The first-order chi connectivity index (χ1) is 10.9. The standard InChI is InChI=1S/C19H29NO3/c1-13(2)16-8-7-14(3)18(10-16)23-12-19(22)20-9-5-6-17(11-20)15(4)21/h7-8,10,13,15,17,21H,5-6,9,11-12H2,1-4H3. The normalized spacial score (nSPS) is 19.7. The third-order valence-corrected chi connectivity index (χ3v) is 4.72. The van der Waals surface area contributed by atoms with Gasteiger partial charge in [-0.25, -0.2) is 0 Å². The summed E-state index contributed by atoms with van der Waals surface area (Å²) in [6, 6.07) is 6.17. The maximum absolute atomic E-state index is 12.4. The zero-order valence-corrected chi connectivity index (χ0v) is 14.7. The van der Waals surface area contributed by atoms with Crippen LogP contribution < -0.4 is 4.74 Å². The second-order valence-corrected chi connectivity index (χ2v) is 6.95. The van der Waals surface area contributed by atoms with Crippen LogP contribution in [0.3, 0.4) is 0 Å². The van der Waals surface area contributed by atoms with Gasteiger partial charge in [-0.1, -0.05) is 26.0 Å². The van der Waals surface area contributed by atoms with Gasteiger partial charge in [0.15, 0.2) is 6.61 Å². The van der Waals surface area contributed by atoms with Gasteiger partial charge in [-0.3, -0.25) is 4.79 Å². The smallest absolute Gasteiger partial charge is 0.260 e. The number of aliphatic hydroxyl groups is 1. The number of aryl methyl sites for hydroxylation is 1. The fraction of sp³-hybridized carbons (Fsp3) is 0.632. The van der Waals surface area contributed by atoms with Gasteiger partial charge < -0.3 is 14.7 Å². The summed E-state index contributed by atoms with van der Waals surface area (Å²) >= 11 is 0. The number of rotatable bonds is 5. The Labute approximate surface area is 139 Å². The molecule has 1 saturated heterocycles. The lowest BCUT2D eigenvalue weighted by molar-refractivity contribution is -0.136. The van der Waals surface area contributed by atoms with E-state index < -0.39 is 0 Å². The fourth-order valence-corrected chi connectivity index (χ4v) is 2.99. The number of hydrogen-bond acceptors (Lipinski definition) is 3. The highest BCUT2D eigenvalue weighted by molar-refractivity contribution is 5.78. The molecule has 1 aliphatic rings. The Kier molecular flexibility index (Phi) is 6.05. The lowest BCUT2D eigenvalue weighted by Gasteiger charge is -2.34. The van der Waals surface area contributed by atoms with Crippen molar-refractivity contribution >= 4 is 5.91 Å². The van der Waals surface area contributed by atoms with E-state index in [1.54, 1.807) is 6.92 Å². The maximum Gasteiger partial charge on any atom is 0.260 e. The highest BCUT2D eigenvalue weighted by atomic mass is 16.5. The molecule has 2 rings (SSSR count). The summed E-state index contributed by atoms with van der Waals surface area (Å²) in [4.78, 5) is 14.2. The quantitative estimate of drug-likeness (QED) is 0.907. The number of carbonyl (C=O) groups is 1. The fourth-order valence-electron chi connectivity index (χ4n) is 2.99. The summed E-state index contributed by atoms with van der Waals surface area (Å²) < 4.78 is 5.78. The molecule has 1 aromatic carbocycles. The van der Waals surface area contributed by atoms with Gasteiger partial charge in [0.25, 0.3) is 5.91 Å². The Hall–Kier alpha value is -1.55. The van der Waals surface area contributed by atoms with Crippen molar-refractivity contribution in [3.05, 3.63) is 29.3 Å². The number of ether oxygens (including phenoxy) is 1. The van der Waals surface area contributed by atoms with Crippen LogP contribution in [-0.2, 0) is 4.79 Å². The van der Waals surface area contributed by atoms with Crippen LogP contribution in [0.5, 0.6) is 5.75 Å². The Balaban J connectivity index is 1.95. The van der Waals surface area contributed by atoms with Gasteiger partial charge >= 0.3 is 0 Å². The van der Waals surface area contributed by atoms with Crippen molar-refractivity contribution in [3.8, 4) is 5.75 Å². The second-order valence-electron chi connectivity index (χ2n) is 6.95. The average molecular weight is 319 g/mol. The van der Waals surface area contributed by atoms with Crippen LogP contribution in [-0.4, -0.2) is 41.7 Å². The van der Waals surface area contributed by atoms with E-state index in [1.165, 1.54) is 5.56 Å². The van der Waals surface area contributed by atoms with Crippen molar-refractivity contribution in [3.63, 3.8) is 0 Å². The third kappa shape index (κ3) is 4.71. The summed E-state index contributed by atoms with van der Waals surface area (Å²) in [5.41, 5.74) is 2.26. The molecule has 128 valence electrons. The molecule has 23 heavy (non-hydrogen) atoms. The van der Waals surface area contributed by atoms with Crippen LogP contribution in [0.4, 0.5) is 0 Å². The minimum Gasteiger partial charge on any atom is -0.483 e. The molecule has 4 heteroatoms. The molecule has 0 spiro atoms. The first-order valence-electron chi connectivity index (χ1n) is 8.57. The van der Waals surface area contributed by atoms with Gasteiger partial charge in [-0.15, -0.1) is 0 Å². The Morgan fingerprint density at radius 2 is 2.13 bits per heavy atom. The molecule has 1 aliphatic heterocycles. The van der Waals surface area contributed by atoms with Crippen molar-refractivity contribution in [1.29, 1.82) is 0 Å². The van der Waals surface area contributed by atoms with Crippen LogP contribution in [0.15, 0.2) is 18.2 Å². The third-order valence-electron chi connectivity index (χ3n) is 4.72. The lowest BCUT2D eigenvalue weighted by Crippen LogP contribution is -2.44. The molecule has 0 saturated carbocycles. The van der Waals surface area contributed by atoms with E-state index in [9.17, 15) is 9.90 Å². The molecule has 1 aromatic rings. The molecule has 0 bridgehead atoms. The molecule has 0 radical (unpaired) electrons. The highest BCUT2D eigenvalue weighted by Gasteiger charge is 2.26. The van der Waals surface area contributed by atoms with Crippen molar-refractivity contribution in [2.75, 3.05) is 19.7 Å². The Morgan fingerprint density at radius 1 is 1.39 bits per heavy atom. The van der Waals surface area contributed by atoms with Gasteiger partial charge in [-0.05, 0) is 49.8 Å². The number of carbonyl (C=O) groups excluding carboxylic acids is 1. The molecule has 1 heterocycles. The Bertz CT molecular complexity index is 539. The van der Waals surface area contributed by atoms with Gasteiger partial charge in [0, 0.05) is 19.0 Å². The second kappa shape index (κ2) is 7.82. The zero-order valence-electron chi connectivity index (χ0n) is 14.7. The van der Waals surface area contributed by atoms with E-state index in [0.29, 0.717) is 12.5 Å². The van der Waals surface area contributed by atoms with Gasteiger partial charge in [0.05, 0.1) is 6.10 Å². The van der Waals surface area contributed by atoms with E-state index >= 15 is 0 Å². The number of piperidine rings is 1. The van der Waals surface area contributed by atoms with E-state index in [4.69, 9.17) is 4.74 Å². The van der Waals surface area contributed by atoms with Crippen LogP contribution >= 0.6 is 0 Å². The maximum atomic E-state index is 12.4. The summed E-state index contributed by atoms with van der Waals surface area (Å²) in [5.74, 6) is 1.40. The minimum absolute atomic E-state index is 0.00435. The summed E-state index contributed by atoms with van der Waals surface area (Å²) in [5, 5.41) is 9.73. The zero-order chi connectivity index (χ0) is 17.0. The van der Waals surface area contributed by atoms with Crippen molar-refractivity contribution in [1.82, 2.24) is 4.90 Å². The van der Waals surface area contributed by atoms with Gasteiger partial charge in [-0.2, -0.15) is 0 Å². The molecular weight excluding hydrogens is 290 g/mol. The van der Waals surface area contributed by atoms with Crippen LogP contribution in [0.2, 0.25) is 0 Å². The van der Waals surface area contributed by atoms with Crippen molar-refractivity contribution < 1.29 is 14.6 Å². The van der Waals surface area contributed by atoms with Crippen molar-refractivity contribution in [2.24, 2.45) is 5.92 Å². The number of hydrogen-bond donors (Lipinski definition) is 1. The average Bonchev–Trinajstić information content (AvgIpc) is 2.53. The summed E-state index contributed by atoms with van der Waals surface area (Å²) in [6.07, 6.45) is 1.57. The van der Waals surface area contributed by atoms with Crippen LogP contribution in [0.1, 0.15) is 50.7 Å². The molecule has 1 fully saturated rings. The van der Waals surface area contributed by atoms with Gasteiger partial charge in [0.2, 0.25) is 0 Å². The molecule has 1 N–H and O–H groups in total. The number of nitrogens with zero attached hydrogens (tertiary/aromatic N) is 1. The predicted molar refractivity (Wildman–Crippen MR) is 91.7 cm³/mol. The van der Waals surface area contributed by atoms with E-state index in [-0.39, 0.29) is 24.5 Å². The molecule has 4 nitrogen and oxygen atoms in total. The SMILES string of the molecule is Cc1ccc(C(C)C)cc1OCC(=O)N1CCCC(C(C)O)C1. The number of likely N-dealkylation sites (tertiary alicyclic amines) is 1. The number of amides is 1. The Morgan fingerprint density at radius 3 is 2.78 bits per heavy atom. The summed E-state index contributed by atoms with van der Waals surface area (Å²) in [7, 11) is 0. The van der Waals surface area contributed by atoms with Crippen LogP contribution in [0, 0.1) is 12.8 Å². The first kappa shape index (κ1) is 17.8. The predicted octanol–water partition coefficient (Wildman–Crippen LogP) is 3.12. The van der Waals surface area contributed by atoms with Gasteiger partial charge in [0.1, 0.15) is 5.75 Å². The van der Waals surface area contributed by atoms with E-state index in [2.05, 4.69) is 19.9 Å². The number of benzene rings is 1. The molecule has 2 atom stereocenters. The topological polar surface area (TPSA) is 49.8 Å². The monoisotopic (exact) mass is 319 g/mol. The van der Waals surface area contributed by atoms with Crippen molar-refractivity contribution in [2.45, 2.75) is 52.6 Å². The largest absolute Gasteiger partial charge is 0.483 e. The summed E-state index contributed by atoms with van der Waals surface area (Å²) in [6.45, 7) is 9.54. The molecule has 0 aromatic heterocycles. The molecule has 1 amide bonds. The minimum atomic E-state index is -0.364. The highest BCUT2D eigenvalue weighted by Crippen LogP contribution is 2.25. The molecule has 2 unspecified atom stereocenters. The first-order valence-corrected chi connectivity index (χ1v) is 8.57. The molecule has 0 aliphatic carbocycles. The molecular formula is C19H29NO3. The van der Waals surface area contributed by atoms with E-state index in [0.717, 1.165) is 30.7 Å². The lowest BCUT2D eigenvalue weighted by atomic mass is 9.93. The number of aliphatic hydroxyl groups excluding tert-OH is 1. The van der Waals surface area contributed by atoms with E-state index in [1.807, 2.05) is 24.0 Å².